The van der Waals surface area contributed by atoms with Gasteiger partial charge in [-0.3, -0.25) is 14.5 Å². The van der Waals surface area contributed by atoms with E-state index in [1.165, 1.54) is 11.1 Å². The van der Waals surface area contributed by atoms with Gasteiger partial charge in [-0.05, 0) is 43.0 Å². The molecule has 2 aromatic heterocycles. The monoisotopic (exact) mass is 593 g/mol. The number of hydrogen-bond donors (Lipinski definition) is 4. The van der Waals surface area contributed by atoms with Gasteiger partial charge in [0.15, 0.2) is 24.1 Å². The van der Waals surface area contributed by atoms with Gasteiger partial charge in [-0.2, -0.15) is 0 Å². The number of anilines is 2. The molecule has 3 aliphatic heterocycles. The zero-order valence-corrected chi connectivity index (χ0v) is 23.7. The van der Waals surface area contributed by atoms with E-state index in [0.29, 0.717) is 48.5 Å². The minimum Gasteiger partial charge on any atom is -0.465 e. The van der Waals surface area contributed by atoms with Crippen molar-refractivity contribution in [1.29, 1.82) is 0 Å². The van der Waals surface area contributed by atoms with Crippen molar-refractivity contribution in [3.05, 3.63) is 35.0 Å². The number of likely N-dealkylation sites (tertiary alicyclic amines) is 1. The predicted molar refractivity (Wildman–Crippen MR) is 151 cm³/mol. The normalized spacial score (nSPS) is 21.0. The Morgan fingerprint density at radius 3 is 2.88 bits per heavy atom. The number of nitrogens with one attached hydrogen (secondary N) is 4. The molecule has 5 heterocycles. The lowest BCUT2D eigenvalue weighted by Gasteiger charge is -2.38. The number of carbonyl (C=O) groups excluding carboxylic acids is 3. The fourth-order valence-corrected chi connectivity index (χ4v) is 6.50. The average Bonchev–Trinajstić information content (AvgIpc) is 3.68. The molecular weight excluding hydrogens is 561 g/mol. The molecule has 226 valence electrons. The zero-order valence-electron chi connectivity index (χ0n) is 23.7. The van der Waals surface area contributed by atoms with E-state index in [1.807, 2.05) is 6.07 Å². The molecular formula is C28H32FN9O5. The van der Waals surface area contributed by atoms with Gasteiger partial charge in [-0.25, -0.2) is 24.1 Å². The van der Waals surface area contributed by atoms with Gasteiger partial charge in [0.05, 0.1) is 31.3 Å². The van der Waals surface area contributed by atoms with Crippen LogP contribution < -0.4 is 25.6 Å². The van der Waals surface area contributed by atoms with Gasteiger partial charge in [-0.1, -0.05) is 0 Å². The number of nitrogens with zero attached hydrogens (tertiary/aromatic N) is 5. The lowest BCUT2D eigenvalue weighted by Crippen LogP contribution is -2.48. The van der Waals surface area contributed by atoms with E-state index < -0.39 is 11.7 Å². The van der Waals surface area contributed by atoms with E-state index in [1.54, 1.807) is 7.05 Å². The van der Waals surface area contributed by atoms with Crippen LogP contribution in [-0.4, -0.2) is 94.7 Å². The molecule has 3 aromatic rings. The molecule has 4 N–H and O–H groups in total. The van der Waals surface area contributed by atoms with Crippen LogP contribution in [0.5, 0.6) is 5.88 Å². The summed E-state index contributed by atoms with van der Waals surface area (Å²) in [6.07, 6.45) is 3.71. The van der Waals surface area contributed by atoms with Gasteiger partial charge < -0.3 is 35.3 Å². The number of fused-ring (bicyclic) bond motifs is 3. The van der Waals surface area contributed by atoms with Gasteiger partial charge in [0.25, 0.3) is 11.8 Å². The van der Waals surface area contributed by atoms with Gasteiger partial charge in [0.2, 0.25) is 5.91 Å². The molecule has 3 amide bonds. The highest BCUT2D eigenvalue weighted by atomic mass is 19.1. The zero-order chi connectivity index (χ0) is 29.7. The van der Waals surface area contributed by atoms with E-state index in [4.69, 9.17) is 9.47 Å². The van der Waals surface area contributed by atoms with E-state index in [-0.39, 0.29) is 54.9 Å². The lowest BCUT2D eigenvalue weighted by molar-refractivity contribution is -0.120. The Balaban J connectivity index is 0.951. The van der Waals surface area contributed by atoms with Gasteiger partial charge >= 0.3 is 6.09 Å². The first-order valence-electron chi connectivity index (χ1n) is 14.4. The van der Waals surface area contributed by atoms with Crippen molar-refractivity contribution in [2.45, 2.75) is 37.8 Å². The minimum atomic E-state index is -0.621. The maximum Gasteiger partial charge on any atom is 0.416 e. The molecule has 1 aliphatic carbocycles. The largest absolute Gasteiger partial charge is 0.465 e. The molecule has 1 spiro atoms. The van der Waals surface area contributed by atoms with Crippen molar-refractivity contribution in [2.24, 2.45) is 5.92 Å². The van der Waals surface area contributed by atoms with Crippen molar-refractivity contribution in [3.8, 4) is 5.88 Å². The Hall–Kier alpha value is -4.37. The van der Waals surface area contributed by atoms with Crippen LogP contribution in [0.4, 0.5) is 20.8 Å². The molecule has 0 bridgehead atoms. The van der Waals surface area contributed by atoms with Crippen LogP contribution in [0.15, 0.2) is 12.3 Å². The first kappa shape index (κ1) is 27.5. The topological polar surface area (TPSA) is 167 Å². The predicted octanol–water partition coefficient (Wildman–Crippen LogP) is 0.865. The summed E-state index contributed by atoms with van der Waals surface area (Å²) in [5, 5.41) is 8.16. The average molecular weight is 594 g/mol. The Kier molecular flexibility index (Phi) is 6.85. The van der Waals surface area contributed by atoms with Crippen LogP contribution in [0.2, 0.25) is 0 Å². The third-order valence-corrected chi connectivity index (χ3v) is 8.61. The number of carbonyl (C=O) groups is 3. The number of aromatic nitrogens is 4. The quantitative estimate of drug-likeness (QED) is 0.309. The van der Waals surface area contributed by atoms with Crippen LogP contribution in [0.1, 0.15) is 29.8 Å². The van der Waals surface area contributed by atoms with E-state index in [0.717, 1.165) is 37.2 Å². The third kappa shape index (κ3) is 5.22. The Morgan fingerprint density at radius 2 is 2.07 bits per heavy atom. The van der Waals surface area contributed by atoms with Crippen LogP contribution in [0.3, 0.4) is 0 Å². The Labute approximate surface area is 245 Å². The highest BCUT2D eigenvalue weighted by Crippen LogP contribution is 2.38. The number of amides is 3. The first-order chi connectivity index (χ1) is 20.8. The van der Waals surface area contributed by atoms with E-state index >= 15 is 4.39 Å². The summed E-state index contributed by atoms with van der Waals surface area (Å²) in [7, 11) is 1.69. The number of benzene rings is 1. The molecule has 43 heavy (non-hydrogen) atoms. The number of likely N-dealkylation sites (N-methyl/N-ethyl adjacent to an activating group) is 1. The summed E-state index contributed by atoms with van der Waals surface area (Å²) in [5.41, 5.74) is 2.04. The molecule has 4 aliphatic rings. The van der Waals surface area contributed by atoms with Crippen molar-refractivity contribution in [1.82, 2.24) is 35.5 Å². The molecule has 2 fully saturated rings. The number of rotatable bonds is 7. The summed E-state index contributed by atoms with van der Waals surface area (Å²) in [5.74, 6) is 0.733. The van der Waals surface area contributed by atoms with Crippen LogP contribution in [0.25, 0.3) is 11.0 Å². The molecule has 1 aromatic carbocycles. The maximum atomic E-state index is 15.5. The number of piperidine rings is 1. The van der Waals surface area contributed by atoms with Crippen molar-refractivity contribution >= 4 is 40.6 Å². The standard InChI is InChI=1S/C28H32FN9O5/c1-30-11-21(39)31-9-19-33-18-8-16-6-15(7-17(16)23(29)24(18)34-19)12-37-4-2-28(3-5-37)14-38(27(41)43-28)20-10-32-26-25(35-20)36-22(40)13-42-26/h8,10,15,30H,2-7,9,11-14H2,1H3,(H,31,39)(H,33,34)(H,35,36,40). The smallest absolute Gasteiger partial charge is 0.416 e. The van der Waals surface area contributed by atoms with Crippen LogP contribution in [0, 0.1) is 11.7 Å². The fraction of sp³-hybridized carbons (Fsp3) is 0.500. The summed E-state index contributed by atoms with van der Waals surface area (Å²) in [6, 6.07) is 1.98. The Bertz CT molecular complexity index is 1620. The number of hydrogen-bond acceptors (Lipinski definition) is 10. The number of ether oxygens (including phenoxy) is 2. The summed E-state index contributed by atoms with van der Waals surface area (Å²) in [6.45, 7) is 2.96. The SMILES string of the molecule is CNCC(=O)NCc1nc2c(F)c3c(cc2[nH]1)CC(CN1CCC2(CC1)CN(c1cnc4c(n1)NC(=O)CO4)C(=O)O2)C3. The Morgan fingerprint density at radius 1 is 1.23 bits per heavy atom. The minimum absolute atomic E-state index is 0.122. The van der Waals surface area contributed by atoms with E-state index in [2.05, 4.69) is 40.8 Å². The maximum absolute atomic E-state index is 15.5. The second-order valence-corrected chi connectivity index (χ2v) is 11.6. The van der Waals surface area contributed by atoms with E-state index in [9.17, 15) is 14.4 Å². The van der Waals surface area contributed by atoms with Gasteiger partial charge in [0.1, 0.15) is 16.9 Å². The van der Waals surface area contributed by atoms with Crippen molar-refractivity contribution in [2.75, 3.05) is 56.6 Å². The summed E-state index contributed by atoms with van der Waals surface area (Å²) >= 11 is 0. The second-order valence-electron chi connectivity index (χ2n) is 11.6. The summed E-state index contributed by atoms with van der Waals surface area (Å²) in [4.78, 5) is 56.2. The highest BCUT2D eigenvalue weighted by molar-refractivity contribution is 5.95. The third-order valence-electron chi connectivity index (χ3n) is 8.61. The second kappa shape index (κ2) is 10.7. The number of halogens is 1. The summed E-state index contributed by atoms with van der Waals surface area (Å²) < 4.78 is 26.6. The molecule has 14 nitrogen and oxygen atoms in total. The van der Waals surface area contributed by atoms with Gasteiger partial charge in [0, 0.05) is 32.5 Å². The fourth-order valence-electron chi connectivity index (χ4n) is 6.50. The molecule has 0 saturated carbocycles. The highest BCUT2D eigenvalue weighted by Gasteiger charge is 2.48. The molecule has 2 saturated heterocycles. The van der Waals surface area contributed by atoms with Crippen molar-refractivity contribution < 1.29 is 28.2 Å². The lowest BCUT2D eigenvalue weighted by atomic mass is 9.90. The molecule has 1 unspecified atom stereocenters. The number of aromatic amines is 1. The van der Waals surface area contributed by atoms with Crippen LogP contribution in [-0.2, 0) is 33.7 Å². The molecule has 0 radical (unpaired) electrons. The van der Waals surface area contributed by atoms with Crippen LogP contribution >= 0.6 is 0 Å². The molecule has 15 heteroatoms. The van der Waals surface area contributed by atoms with Gasteiger partial charge in [-0.15, -0.1) is 0 Å². The molecule has 1 atom stereocenters. The van der Waals surface area contributed by atoms with Crippen molar-refractivity contribution in [3.63, 3.8) is 0 Å². The number of imidazole rings is 1. The number of H-pyrrole nitrogens is 1. The first-order valence-corrected chi connectivity index (χ1v) is 14.4. The molecule has 7 rings (SSSR count).